The Kier molecular flexibility index (Phi) is 7.02. The average molecular weight is 450 g/mol. The number of hydrogen-bond donors (Lipinski definition) is 2. The molecule has 3 heterocycles. The molecule has 176 valence electrons. The van der Waals surface area contributed by atoms with Gasteiger partial charge in [0.05, 0.1) is 31.5 Å². The molecule has 7 nitrogen and oxygen atoms in total. The van der Waals surface area contributed by atoms with Gasteiger partial charge in [-0.1, -0.05) is 18.2 Å². The molecule has 1 aliphatic carbocycles. The fourth-order valence-electron chi connectivity index (χ4n) is 5.50. The molecule has 1 amide bonds. The zero-order chi connectivity index (χ0) is 22.6. The van der Waals surface area contributed by atoms with Crippen molar-refractivity contribution < 1.29 is 9.53 Å². The first-order valence-electron chi connectivity index (χ1n) is 12.3. The summed E-state index contributed by atoms with van der Waals surface area (Å²) >= 11 is 0. The monoisotopic (exact) mass is 449 g/mol. The molecule has 0 unspecified atom stereocenters. The Hall–Kier alpha value is -2.32. The van der Waals surface area contributed by atoms with Gasteiger partial charge in [0.25, 0.3) is 0 Å². The maximum Gasteiger partial charge on any atom is 0.238 e. The van der Waals surface area contributed by atoms with Crippen LogP contribution in [-0.4, -0.2) is 73.2 Å². The topological polar surface area (TPSA) is 69.7 Å². The minimum atomic E-state index is 0.0578. The lowest BCUT2D eigenvalue weighted by Crippen LogP contribution is -2.45. The second kappa shape index (κ2) is 10.3. The van der Waals surface area contributed by atoms with Crippen LogP contribution in [0.15, 0.2) is 36.5 Å². The molecular weight excluding hydrogens is 414 g/mol. The summed E-state index contributed by atoms with van der Waals surface area (Å²) < 4.78 is 5.39. The number of hydrogen-bond acceptors (Lipinski definition) is 6. The molecule has 33 heavy (non-hydrogen) atoms. The Bertz CT molecular complexity index is 975. The number of nitrogens with zero attached hydrogens (tertiary/aromatic N) is 3. The summed E-state index contributed by atoms with van der Waals surface area (Å²) in [6.07, 6.45) is 6.35. The normalized spacial score (nSPS) is 23.1. The van der Waals surface area contributed by atoms with Gasteiger partial charge < -0.3 is 15.4 Å². The van der Waals surface area contributed by atoms with Crippen LogP contribution in [0.5, 0.6) is 0 Å². The van der Waals surface area contributed by atoms with Crippen LogP contribution >= 0.6 is 0 Å². The highest BCUT2D eigenvalue weighted by Crippen LogP contribution is 2.33. The summed E-state index contributed by atoms with van der Waals surface area (Å²) in [4.78, 5) is 22.1. The molecule has 0 spiro atoms. The average Bonchev–Trinajstić information content (AvgIpc) is 2.84. The van der Waals surface area contributed by atoms with E-state index in [4.69, 9.17) is 9.72 Å². The Morgan fingerprint density at radius 1 is 1.24 bits per heavy atom. The second-order valence-corrected chi connectivity index (χ2v) is 9.56. The smallest absolute Gasteiger partial charge is 0.238 e. The highest BCUT2D eigenvalue weighted by Gasteiger charge is 2.28. The number of anilines is 1. The molecule has 0 radical (unpaired) electrons. The molecule has 2 aliphatic heterocycles. The van der Waals surface area contributed by atoms with Crippen LogP contribution < -0.4 is 10.6 Å². The number of fused-ring (bicyclic) bond motifs is 2. The largest absolute Gasteiger partial charge is 0.379 e. The molecule has 1 aromatic carbocycles. The van der Waals surface area contributed by atoms with E-state index in [2.05, 4.69) is 45.7 Å². The van der Waals surface area contributed by atoms with Crippen LogP contribution in [0, 0.1) is 0 Å². The van der Waals surface area contributed by atoms with Crippen molar-refractivity contribution in [1.82, 2.24) is 20.1 Å². The first kappa shape index (κ1) is 22.5. The third-order valence-corrected chi connectivity index (χ3v) is 7.26. The Morgan fingerprint density at radius 3 is 2.97 bits per heavy atom. The number of aryl methyl sites for hydroxylation is 1. The standard InChI is InChI=1S/C26H35N5O2/c1-30(24-9-3-5-19-7-4-10-27-26(19)24)17-21-15-22-20(16-28-21)6-2-8-23(22)29-25(32)18-31-11-13-33-14-12-31/h2,4,6-8,10,21,24,28H,3,5,9,11-18H2,1H3,(H,29,32)/t21-,24-/m0/s1. The number of aromatic nitrogens is 1. The summed E-state index contributed by atoms with van der Waals surface area (Å²) in [5, 5.41) is 6.91. The SMILES string of the molecule is CN(C[C@@H]1Cc2c(cccc2NC(=O)CN2CCOCC2)CN1)[C@H]1CCCc2cccnc21. The van der Waals surface area contributed by atoms with Gasteiger partial charge in [0, 0.05) is 44.1 Å². The van der Waals surface area contributed by atoms with Crippen molar-refractivity contribution in [3.8, 4) is 0 Å². The van der Waals surface area contributed by atoms with Crippen molar-refractivity contribution in [3.05, 3.63) is 58.9 Å². The van der Waals surface area contributed by atoms with Crippen molar-refractivity contribution in [2.24, 2.45) is 0 Å². The van der Waals surface area contributed by atoms with Crippen molar-refractivity contribution in [3.63, 3.8) is 0 Å². The van der Waals surface area contributed by atoms with Crippen molar-refractivity contribution in [2.45, 2.75) is 44.3 Å². The fourth-order valence-corrected chi connectivity index (χ4v) is 5.50. The highest BCUT2D eigenvalue weighted by molar-refractivity contribution is 5.93. The number of ether oxygens (including phenoxy) is 1. The lowest BCUT2D eigenvalue weighted by atomic mass is 9.90. The molecule has 5 rings (SSSR count). The molecule has 1 saturated heterocycles. The van der Waals surface area contributed by atoms with Crippen molar-refractivity contribution in [1.29, 1.82) is 0 Å². The van der Waals surface area contributed by atoms with Gasteiger partial charge in [0.15, 0.2) is 0 Å². The molecule has 0 bridgehead atoms. The number of nitrogens with one attached hydrogen (secondary N) is 2. The number of likely N-dealkylation sites (N-methyl/N-ethyl adjacent to an activating group) is 1. The van der Waals surface area contributed by atoms with E-state index in [0.717, 1.165) is 51.1 Å². The number of carbonyl (C=O) groups is 1. The number of morpholine rings is 1. The summed E-state index contributed by atoms with van der Waals surface area (Å²) in [7, 11) is 2.22. The van der Waals surface area contributed by atoms with Crippen LogP contribution in [0.2, 0.25) is 0 Å². The van der Waals surface area contributed by atoms with Gasteiger partial charge in [-0.25, -0.2) is 0 Å². The predicted octanol–water partition coefficient (Wildman–Crippen LogP) is 2.38. The first-order chi connectivity index (χ1) is 16.2. The maximum absolute atomic E-state index is 12.7. The van der Waals surface area contributed by atoms with Gasteiger partial charge in [-0.15, -0.1) is 0 Å². The van der Waals surface area contributed by atoms with E-state index < -0.39 is 0 Å². The van der Waals surface area contributed by atoms with Crippen LogP contribution in [0.25, 0.3) is 0 Å². The lowest BCUT2D eigenvalue weighted by Gasteiger charge is -2.36. The molecule has 2 atom stereocenters. The minimum Gasteiger partial charge on any atom is -0.379 e. The summed E-state index contributed by atoms with van der Waals surface area (Å²) in [5.74, 6) is 0.0578. The van der Waals surface area contributed by atoms with Gasteiger partial charge in [0.1, 0.15) is 0 Å². The maximum atomic E-state index is 12.7. The van der Waals surface area contributed by atoms with E-state index in [1.165, 1.54) is 28.8 Å². The Labute approximate surface area is 196 Å². The van der Waals surface area contributed by atoms with E-state index in [9.17, 15) is 4.79 Å². The second-order valence-electron chi connectivity index (χ2n) is 9.56. The van der Waals surface area contributed by atoms with Gasteiger partial charge in [-0.2, -0.15) is 0 Å². The molecule has 7 heteroatoms. The first-order valence-corrected chi connectivity index (χ1v) is 12.3. The van der Waals surface area contributed by atoms with Crippen LogP contribution in [0.4, 0.5) is 5.69 Å². The van der Waals surface area contributed by atoms with Gasteiger partial charge in [-0.05, 0) is 61.6 Å². The predicted molar refractivity (Wildman–Crippen MR) is 129 cm³/mol. The Morgan fingerprint density at radius 2 is 2.09 bits per heavy atom. The van der Waals surface area contributed by atoms with Gasteiger partial charge in [0.2, 0.25) is 5.91 Å². The van der Waals surface area contributed by atoms with Crippen molar-refractivity contribution in [2.75, 3.05) is 51.8 Å². The lowest BCUT2D eigenvalue weighted by molar-refractivity contribution is -0.118. The third kappa shape index (κ3) is 5.27. The van der Waals surface area contributed by atoms with Crippen molar-refractivity contribution >= 4 is 11.6 Å². The summed E-state index contributed by atoms with van der Waals surface area (Å²) in [6, 6.07) is 11.3. The zero-order valence-corrected chi connectivity index (χ0v) is 19.6. The van der Waals surface area contributed by atoms with Crippen LogP contribution in [-0.2, 0) is 28.9 Å². The minimum absolute atomic E-state index is 0.0578. The zero-order valence-electron chi connectivity index (χ0n) is 19.6. The van der Waals surface area contributed by atoms with E-state index in [1.54, 1.807) is 0 Å². The van der Waals surface area contributed by atoms with E-state index in [1.807, 2.05) is 18.3 Å². The van der Waals surface area contributed by atoms with E-state index >= 15 is 0 Å². The summed E-state index contributed by atoms with van der Waals surface area (Å²) in [6.45, 7) is 5.25. The molecule has 2 N–H and O–H groups in total. The quantitative estimate of drug-likeness (QED) is 0.706. The molecule has 3 aliphatic rings. The van der Waals surface area contributed by atoms with Gasteiger partial charge >= 0.3 is 0 Å². The molecule has 1 fully saturated rings. The van der Waals surface area contributed by atoms with E-state index in [0.29, 0.717) is 31.8 Å². The number of rotatable bonds is 6. The number of pyridine rings is 1. The van der Waals surface area contributed by atoms with E-state index in [-0.39, 0.29) is 5.91 Å². The van der Waals surface area contributed by atoms with Gasteiger partial charge in [-0.3, -0.25) is 19.6 Å². The third-order valence-electron chi connectivity index (χ3n) is 7.26. The fraction of sp³-hybridized carbons (Fsp3) is 0.538. The molecule has 2 aromatic rings. The van der Waals surface area contributed by atoms with Crippen LogP contribution in [0.3, 0.4) is 0 Å². The van der Waals surface area contributed by atoms with Crippen LogP contribution in [0.1, 0.15) is 41.3 Å². The molecule has 0 saturated carbocycles. The summed E-state index contributed by atoms with van der Waals surface area (Å²) in [5.41, 5.74) is 6.16. The number of benzene rings is 1. The number of amides is 1. The highest BCUT2D eigenvalue weighted by atomic mass is 16.5. The molecular formula is C26H35N5O2. The Balaban J connectivity index is 1.23. The molecule has 1 aromatic heterocycles. The number of carbonyl (C=O) groups excluding carboxylic acids is 1.